The summed E-state index contributed by atoms with van der Waals surface area (Å²) in [5.74, 6) is 0. The summed E-state index contributed by atoms with van der Waals surface area (Å²) in [4.78, 5) is 0. The molecule has 0 aromatic heterocycles. The Balaban J connectivity index is 0.000000196. The summed E-state index contributed by atoms with van der Waals surface area (Å²) in [5, 5.41) is 5.75. The average Bonchev–Trinajstić information content (AvgIpc) is 2.86. The van der Waals surface area contributed by atoms with E-state index in [4.69, 9.17) is 20.1 Å². The zero-order chi connectivity index (χ0) is 22.3. The summed E-state index contributed by atoms with van der Waals surface area (Å²) in [6.45, 7) is 4.61. The molecule has 0 saturated heterocycles. The van der Waals surface area contributed by atoms with Crippen LogP contribution in [0.4, 0.5) is 0 Å². The van der Waals surface area contributed by atoms with Crippen LogP contribution in [0.5, 0.6) is 0 Å². The van der Waals surface area contributed by atoms with E-state index in [0.717, 1.165) is 0 Å². The number of benzene rings is 4. The van der Waals surface area contributed by atoms with E-state index in [2.05, 4.69) is 135 Å². The third-order valence-corrected chi connectivity index (χ3v) is 8.86. The van der Waals surface area contributed by atoms with Crippen molar-refractivity contribution in [2.75, 3.05) is 13.3 Å². The third kappa shape index (κ3) is 9.48. The maximum atomic E-state index is 4.83. The Labute approximate surface area is 204 Å². The molecule has 5 heteroatoms. The quantitative estimate of drug-likeness (QED) is 0.256. The molecule has 0 bridgehead atoms. The Morgan fingerprint density at radius 2 is 0.581 bits per heavy atom. The van der Waals surface area contributed by atoms with Crippen LogP contribution in [0.15, 0.2) is 121 Å². The molecule has 0 saturated carbocycles. The van der Waals surface area contributed by atoms with Crippen molar-refractivity contribution in [1.29, 1.82) is 0 Å². The van der Waals surface area contributed by atoms with Gasteiger partial charge in [-0.15, -0.1) is 0 Å². The van der Waals surface area contributed by atoms with Crippen molar-refractivity contribution in [3.05, 3.63) is 121 Å². The van der Waals surface area contributed by atoms with Gasteiger partial charge in [0.05, 0.1) is 0 Å². The summed E-state index contributed by atoms with van der Waals surface area (Å²) in [6.07, 6.45) is 0. The van der Waals surface area contributed by atoms with Gasteiger partial charge in [-0.2, -0.15) is 0 Å². The van der Waals surface area contributed by atoms with E-state index in [1.54, 1.807) is 0 Å². The van der Waals surface area contributed by atoms with E-state index >= 15 is 0 Å². The van der Waals surface area contributed by atoms with E-state index in [1.807, 2.05) is 0 Å². The maximum absolute atomic E-state index is 4.83. The molecular formula is C26H26Cl2CrP2. The van der Waals surface area contributed by atoms with E-state index in [9.17, 15) is 0 Å². The fourth-order valence-electron chi connectivity index (χ4n) is 2.90. The Kier molecular flexibility index (Phi) is 13.2. The predicted molar refractivity (Wildman–Crippen MR) is 142 cm³/mol. The van der Waals surface area contributed by atoms with Crippen LogP contribution in [0.1, 0.15) is 0 Å². The summed E-state index contributed by atoms with van der Waals surface area (Å²) in [7, 11) is 9.31. The second-order valence-corrected chi connectivity index (χ2v) is 12.9. The molecule has 0 N–H and O–H groups in total. The summed E-state index contributed by atoms with van der Waals surface area (Å²) in [6, 6.07) is 42.8. The van der Waals surface area contributed by atoms with Gasteiger partial charge in [0.2, 0.25) is 0 Å². The molecule has 4 aromatic rings. The number of hydrogen-bond acceptors (Lipinski definition) is 0. The zero-order valence-corrected chi connectivity index (χ0v) is 22.2. The minimum absolute atomic E-state index is 0.171. The van der Waals surface area contributed by atoms with Gasteiger partial charge in [-0.25, -0.2) is 0 Å². The van der Waals surface area contributed by atoms with Gasteiger partial charge in [0.25, 0.3) is 0 Å². The van der Waals surface area contributed by atoms with Crippen molar-refractivity contribution in [3.63, 3.8) is 0 Å². The van der Waals surface area contributed by atoms with Crippen LogP contribution in [0.25, 0.3) is 0 Å². The third-order valence-electron chi connectivity index (χ3n) is 4.57. The first-order valence-electron chi connectivity index (χ1n) is 9.74. The molecule has 0 unspecified atom stereocenters. The number of rotatable bonds is 4. The summed E-state index contributed by atoms with van der Waals surface area (Å²) in [5.41, 5.74) is 0. The molecule has 4 rings (SSSR count). The molecule has 0 aliphatic heterocycles. The minimum atomic E-state index is -0.181. The van der Waals surface area contributed by atoms with Crippen molar-refractivity contribution in [3.8, 4) is 0 Å². The zero-order valence-electron chi connectivity index (χ0n) is 17.6. The number of hydrogen-bond donors (Lipinski definition) is 0. The SMILES string of the molecule is CP(c1ccccc1)c1ccccc1.CP(c1ccccc1)c1ccccc1.[Cl][Cr][Cl]. The Hall–Kier alpha value is -1.15. The van der Waals surface area contributed by atoms with Gasteiger partial charge in [-0.1, -0.05) is 121 Å². The first-order valence-corrected chi connectivity index (χ1v) is 16.8. The molecule has 4 aromatic carbocycles. The van der Waals surface area contributed by atoms with Gasteiger partial charge in [0.15, 0.2) is 0 Å². The van der Waals surface area contributed by atoms with Gasteiger partial charge in [-0.05, 0) is 50.4 Å². The van der Waals surface area contributed by atoms with Crippen molar-refractivity contribution >= 4 is 57.2 Å². The molecule has 160 valence electrons. The summed E-state index contributed by atoms with van der Waals surface area (Å²) < 4.78 is 0. The van der Waals surface area contributed by atoms with Crippen LogP contribution in [0.2, 0.25) is 0 Å². The molecule has 0 aliphatic carbocycles. The van der Waals surface area contributed by atoms with Crippen LogP contribution in [-0.4, -0.2) is 13.3 Å². The molecule has 31 heavy (non-hydrogen) atoms. The van der Waals surface area contributed by atoms with Gasteiger partial charge < -0.3 is 0 Å². The van der Waals surface area contributed by atoms with E-state index in [-0.39, 0.29) is 29.2 Å². The Bertz CT molecular complexity index is 796. The monoisotopic (exact) mass is 522 g/mol. The molecule has 0 fully saturated rings. The van der Waals surface area contributed by atoms with Crippen molar-refractivity contribution in [2.24, 2.45) is 0 Å². The molecule has 0 spiro atoms. The normalized spacial score (nSPS) is 10.0. The fourth-order valence-corrected chi connectivity index (χ4v) is 5.98. The first kappa shape index (κ1) is 26.1. The van der Waals surface area contributed by atoms with Crippen molar-refractivity contribution < 1.29 is 13.4 Å². The molecule has 0 radical (unpaired) electrons. The second-order valence-electron chi connectivity index (χ2n) is 6.52. The fraction of sp³-hybridized carbons (Fsp3) is 0.0769. The second kappa shape index (κ2) is 15.6. The van der Waals surface area contributed by atoms with Crippen LogP contribution in [-0.2, 0) is 13.4 Å². The van der Waals surface area contributed by atoms with Crippen LogP contribution in [0, 0.1) is 0 Å². The summed E-state index contributed by atoms with van der Waals surface area (Å²) >= 11 is -0.181. The molecule has 0 amide bonds. The van der Waals surface area contributed by atoms with E-state index in [1.165, 1.54) is 21.2 Å². The molecule has 0 nitrogen and oxygen atoms in total. The van der Waals surface area contributed by atoms with Gasteiger partial charge in [0.1, 0.15) is 0 Å². The standard InChI is InChI=1S/2C13H13P.2ClH.Cr/c2*1-14(12-8-4-2-5-9-12)13-10-6-3-7-11-13;;;/h2*2-11H,1H3;2*1H;/q;;;;+2/p-2. The van der Waals surface area contributed by atoms with Crippen LogP contribution in [0.3, 0.4) is 0 Å². The molecular weight excluding hydrogens is 497 g/mol. The molecule has 0 heterocycles. The first-order chi connectivity index (χ1) is 15.2. The average molecular weight is 523 g/mol. The Morgan fingerprint density at radius 3 is 0.742 bits per heavy atom. The molecule has 0 atom stereocenters. The number of halogens is 2. The van der Waals surface area contributed by atoms with Gasteiger partial charge in [-0.3, -0.25) is 0 Å². The van der Waals surface area contributed by atoms with Crippen molar-refractivity contribution in [1.82, 2.24) is 0 Å². The van der Waals surface area contributed by atoms with Crippen molar-refractivity contribution in [2.45, 2.75) is 0 Å². The Morgan fingerprint density at radius 1 is 0.419 bits per heavy atom. The topological polar surface area (TPSA) is 0 Å². The molecule has 0 aliphatic rings. The van der Waals surface area contributed by atoms with Crippen LogP contribution < -0.4 is 21.2 Å². The van der Waals surface area contributed by atoms with E-state index < -0.39 is 0 Å². The van der Waals surface area contributed by atoms with Gasteiger partial charge >= 0.3 is 33.5 Å². The van der Waals surface area contributed by atoms with E-state index in [0.29, 0.717) is 0 Å². The van der Waals surface area contributed by atoms with Crippen LogP contribution >= 0.6 is 35.9 Å². The predicted octanol–water partition coefficient (Wildman–Crippen LogP) is 6.87. The van der Waals surface area contributed by atoms with Gasteiger partial charge in [0, 0.05) is 0 Å².